The molecular formula is C16H26N2O. The van der Waals surface area contributed by atoms with Gasteiger partial charge in [-0.2, -0.15) is 0 Å². The van der Waals surface area contributed by atoms with Gasteiger partial charge in [0.1, 0.15) is 0 Å². The van der Waals surface area contributed by atoms with E-state index in [0.717, 1.165) is 25.9 Å². The van der Waals surface area contributed by atoms with Gasteiger partial charge in [-0.3, -0.25) is 4.79 Å². The molecule has 1 aromatic carbocycles. The summed E-state index contributed by atoms with van der Waals surface area (Å²) in [4.78, 5) is 11.8. The molecule has 0 spiro atoms. The van der Waals surface area contributed by atoms with Crippen molar-refractivity contribution in [3.8, 4) is 0 Å². The van der Waals surface area contributed by atoms with Crippen LogP contribution in [-0.4, -0.2) is 25.0 Å². The molecule has 0 bridgehead atoms. The van der Waals surface area contributed by atoms with Crippen molar-refractivity contribution in [2.45, 2.75) is 45.6 Å². The zero-order valence-electron chi connectivity index (χ0n) is 12.3. The first-order valence-electron chi connectivity index (χ1n) is 7.21. The van der Waals surface area contributed by atoms with Crippen molar-refractivity contribution in [2.75, 3.05) is 13.1 Å². The minimum absolute atomic E-state index is 0.0914. The van der Waals surface area contributed by atoms with Gasteiger partial charge in [0.05, 0.1) is 6.04 Å². The quantitative estimate of drug-likeness (QED) is 0.707. The molecule has 106 valence electrons. The van der Waals surface area contributed by atoms with Gasteiger partial charge in [0.15, 0.2) is 0 Å². The molecule has 0 aliphatic rings. The van der Waals surface area contributed by atoms with Gasteiger partial charge < -0.3 is 10.6 Å². The van der Waals surface area contributed by atoms with E-state index in [1.54, 1.807) is 0 Å². The lowest BCUT2D eigenvalue weighted by molar-refractivity contribution is -0.122. The fourth-order valence-electron chi connectivity index (χ4n) is 1.89. The maximum Gasteiger partial charge on any atom is 0.236 e. The SMILES string of the molecule is CCCCNC(=O)C(C)NCC(C)c1ccccc1. The smallest absolute Gasteiger partial charge is 0.236 e. The molecule has 2 N–H and O–H groups in total. The van der Waals surface area contributed by atoms with Gasteiger partial charge >= 0.3 is 0 Å². The third-order valence-corrected chi connectivity index (χ3v) is 3.32. The highest BCUT2D eigenvalue weighted by Crippen LogP contribution is 2.13. The molecule has 0 radical (unpaired) electrons. The fraction of sp³-hybridized carbons (Fsp3) is 0.562. The topological polar surface area (TPSA) is 41.1 Å². The molecule has 2 atom stereocenters. The lowest BCUT2D eigenvalue weighted by atomic mass is 10.0. The summed E-state index contributed by atoms with van der Waals surface area (Å²) in [7, 11) is 0. The molecule has 19 heavy (non-hydrogen) atoms. The van der Waals surface area contributed by atoms with Gasteiger partial charge in [0.25, 0.3) is 0 Å². The third kappa shape index (κ3) is 5.88. The molecule has 0 fully saturated rings. The molecule has 1 aromatic rings. The Bertz CT molecular complexity index is 364. The molecule has 1 amide bonds. The first-order chi connectivity index (χ1) is 9.15. The minimum Gasteiger partial charge on any atom is -0.355 e. The number of carbonyl (C=O) groups excluding carboxylic acids is 1. The van der Waals surface area contributed by atoms with Crippen LogP contribution in [0.4, 0.5) is 0 Å². The highest BCUT2D eigenvalue weighted by molar-refractivity contribution is 5.81. The number of rotatable bonds is 8. The van der Waals surface area contributed by atoms with Crippen LogP contribution < -0.4 is 10.6 Å². The van der Waals surface area contributed by atoms with E-state index in [2.05, 4.69) is 36.6 Å². The standard InChI is InChI=1S/C16H26N2O/c1-4-5-11-17-16(19)14(3)18-12-13(2)15-9-7-6-8-10-15/h6-10,13-14,18H,4-5,11-12H2,1-3H3,(H,17,19). The summed E-state index contributed by atoms with van der Waals surface area (Å²) in [5.41, 5.74) is 1.30. The summed E-state index contributed by atoms with van der Waals surface area (Å²) in [5.74, 6) is 0.501. The van der Waals surface area contributed by atoms with Gasteiger partial charge in [0, 0.05) is 13.1 Å². The average Bonchev–Trinajstić information content (AvgIpc) is 2.45. The van der Waals surface area contributed by atoms with Gasteiger partial charge in [-0.25, -0.2) is 0 Å². The van der Waals surface area contributed by atoms with Crippen LogP contribution in [0.3, 0.4) is 0 Å². The van der Waals surface area contributed by atoms with Crippen LogP contribution in [-0.2, 0) is 4.79 Å². The van der Waals surface area contributed by atoms with Crippen molar-refractivity contribution >= 4 is 5.91 Å². The monoisotopic (exact) mass is 262 g/mol. The lowest BCUT2D eigenvalue weighted by Crippen LogP contribution is -2.43. The largest absolute Gasteiger partial charge is 0.355 e. The number of amides is 1. The van der Waals surface area contributed by atoms with E-state index in [9.17, 15) is 4.79 Å². The zero-order chi connectivity index (χ0) is 14.1. The number of hydrogen-bond acceptors (Lipinski definition) is 2. The number of hydrogen-bond donors (Lipinski definition) is 2. The summed E-state index contributed by atoms with van der Waals surface area (Å²) in [5, 5.41) is 6.24. The van der Waals surface area contributed by atoms with Crippen molar-refractivity contribution in [2.24, 2.45) is 0 Å². The molecule has 0 saturated carbocycles. The van der Waals surface area contributed by atoms with E-state index in [0.29, 0.717) is 5.92 Å². The molecular weight excluding hydrogens is 236 g/mol. The molecule has 1 rings (SSSR count). The second-order valence-electron chi connectivity index (χ2n) is 5.09. The van der Waals surface area contributed by atoms with E-state index in [1.165, 1.54) is 5.56 Å². The van der Waals surface area contributed by atoms with Crippen molar-refractivity contribution in [3.05, 3.63) is 35.9 Å². The van der Waals surface area contributed by atoms with Crippen molar-refractivity contribution < 1.29 is 4.79 Å². The van der Waals surface area contributed by atoms with E-state index in [1.807, 2.05) is 25.1 Å². The molecule has 0 saturated heterocycles. The van der Waals surface area contributed by atoms with Crippen LogP contribution in [0, 0.1) is 0 Å². The molecule has 2 unspecified atom stereocenters. The average molecular weight is 262 g/mol. The number of nitrogens with one attached hydrogen (secondary N) is 2. The minimum atomic E-state index is -0.136. The van der Waals surface area contributed by atoms with Crippen LogP contribution in [0.5, 0.6) is 0 Å². The summed E-state index contributed by atoms with van der Waals surface area (Å²) in [6.45, 7) is 7.79. The Balaban J connectivity index is 2.29. The predicted octanol–water partition coefficient (Wildman–Crippen LogP) is 2.68. The van der Waals surface area contributed by atoms with E-state index >= 15 is 0 Å². The van der Waals surface area contributed by atoms with Gasteiger partial charge in [-0.15, -0.1) is 0 Å². The lowest BCUT2D eigenvalue weighted by Gasteiger charge is -2.17. The predicted molar refractivity (Wildman–Crippen MR) is 80.2 cm³/mol. The first kappa shape index (κ1) is 15.7. The van der Waals surface area contributed by atoms with Crippen LogP contribution in [0.25, 0.3) is 0 Å². The Kier molecular flexibility index (Phi) is 7.19. The molecule has 3 nitrogen and oxygen atoms in total. The zero-order valence-corrected chi connectivity index (χ0v) is 12.3. The van der Waals surface area contributed by atoms with Crippen LogP contribution in [0.2, 0.25) is 0 Å². The Morgan fingerprint density at radius 2 is 1.89 bits per heavy atom. The van der Waals surface area contributed by atoms with Crippen LogP contribution >= 0.6 is 0 Å². The van der Waals surface area contributed by atoms with Crippen molar-refractivity contribution in [1.82, 2.24) is 10.6 Å². The van der Waals surface area contributed by atoms with Crippen LogP contribution in [0.15, 0.2) is 30.3 Å². The molecule has 0 aromatic heterocycles. The van der Waals surface area contributed by atoms with E-state index < -0.39 is 0 Å². The Hall–Kier alpha value is -1.35. The number of benzene rings is 1. The molecule has 0 aliphatic carbocycles. The number of unbranched alkanes of at least 4 members (excludes halogenated alkanes) is 1. The number of carbonyl (C=O) groups is 1. The van der Waals surface area contributed by atoms with E-state index in [4.69, 9.17) is 0 Å². The summed E-state index contributed by atoms with van der Waals surface area (Å²) >= 11 is 0. The second kappa shape index (κ2) is 8.70. The fourth-order valence-corrected chi connectivity index (χ4v) is 1.89. The Morgan fingerprint density at radius 1 is 1.21 bits per heavy atom. The Labute approximate surface area is 116 Å². The summed E-state index contributed by atoms with van der Waals surface area (Å²) in [6.07, 6.45) is 2.14. The van der Waals surface area contributed by atoms with E-state index in [-0.39, 0.29) is 11.9 Å². The summed E-state index contributed by atoms with van der Waals surface area (Å²) in [6, 6.07) is 10.2. The third-order valence-electron chi connectivity index (χ3n) is 3.32. The Morgan fingerprint density at radius 3 is 2.53 bits per heavy atom. The van der Waals surface area contributed by atoms with Crippen molar-refractivity contribution in [3.63, 3.8) is 0 Å². The molecule has 0 aliphatic heterocycles. The van der Waals surface area contributed by atoms with Crippen molar-refractivity contribution in [1.29, 1.82) is 0 Å². The van der Waals surface area contributed by atoms with Gasteiger partial charge in [0.2, 0.25) is 5.91 Å². The highest BCUT2D eigenvalue weighted by atomic mass is 16.2. The molecule has 3 heteroatoms. The van der Waals surface area contributed by atoms with Crippen LogP contribution in [0.1, 0.15) is 45.1 Å². The highest BCUT2D eigenvalue weighted by Gasteiger charge is 2.13. The maximum atomic E-state index is 11.8. The summed E-state index contributed by atoms with van der Waals surface area (Å²) < 4.78 is 0. The van der Waals surface area contributed by atoms with Gasteiger partial charge in [-0.1, -0.05) is 50.6 Å². The maximum absolute atomic E-state index is 11.8. The first-order valence-corrected chi connectivity index (χ1v) is 7.21. The van der Waals surface area contributed by atoms with Gasteiger partial charge in [-0.05, 0) is 24.8 Å². The second-order valence-corrected chi connectivity index (χ2v) is 5.09. The molecule has 0 heterocycles. The normalized spacial score (nSPS) is 13.8.